The van der Waals surface area contributed by atoms with Crippen LogP contribution in [0, 0.1) is 0 Å². The monoisotopic (exact) mass is 202 g/mol. The number of rotatable bonds is 6. The van der Waals surface area contributed by atoms with Crippen LogP contribution in [-0.2, 0) is 11.3 Å². The summed E-state index contributed by atoms with van der Waals surface area (Å²) < 4.78 is 4.93. The smallest absolute Gasteiger partial charge is 0.0794 e. The minimum atomic E-state index is 0.00657. The van der Waals surface area contributed by atoms with Crippen molar-refractivity contribution < 1.29 is 9.84 Å². The topological polar surface area (TPSA) is 54.4 Å². The van der Waals surface area contributed by atoms with Crippen LogP contribution in [0.2, 0.25) is 0 Å². The lowest BCUT2D eigenvalue weighted by molar-refractivity contribution is 0.128. The third kappa shape index (κ3) is 3.82. The van der Waals surface area contributed by atoms with E-state index in [9.17, 15) is 0 Å². The second kappa shape index (κ2) is 6.04. The van der Waals surface area contributed by atoms with Crippen molar-refractivity contribution in [2.45, 2.75) is 12.6 Å². The van der Waals surface area contributed by atoms with Crippen molar-refractivity contribution in [2.75, 3.05) is 20.3 Å². The van der Waals surface area contributed by atoms with Gasteiger partial charge in [-0.2, -0.15) is 0 Å². The molecule has 1 rings (SSSR count). The molecule has 0 saturated carbocycles. The van der Waals surface area contributed by atoms with Gasteiger partial charge in [-0.3, -0.25) is 4.98 Å². The summed E-state index contributed by atoms with van der Waals surface area (Å²) in [5.41, 5.74) is 1.79. The zero-order chi connectivity index (χ0) is 9.52. The summed E-state index contributed by atoms with van der Waals surface area (Å²) in [5, 5.41) is 12.1. The van der Waals surface area contributed by atoms with Crippen molar-refractivity contribution >= 4 is 11.3 Å². The Morgan fingerprint density at radius 1 is 1.77 bits per heavy atom. The number of thiazole rings is 1. The highest BCUT2D eigenvalue weighted by Crippen LogP contribution is 2.04. The number of methoxy groups -OCH3 is 1. The summed E-state index contributed by atoms with van der Waals surface area (Å²) in [4.78, 5) is 5.12. The second-order valence-electron chi connectivity index (χ2n) is 2.68. The number of ether oxygens (including phenoxy) is 1. The van der Waals surface area contributed by atoms with Gasteiger partial charge in [0.05, 0.1) is 24.8 Å². The van der Waals surface area contributed by atoms with Crippen molar-refractivity contribution in [1.29, 1.82) is 0 Å². The van der Waals surface area contributed by atoms with E-state index in [1.807, 2.05) is 6.20 Å². The molecule has 2 N–H and O–H groups in total. The van der Waals surface area contributed by atoms with Crippen LogP contribution in [0.5, 0.6) is 0 Å². The first-order chi connectivity index (χ1) is 6.36. The van der Waals surface area contributed by atoms with Gasteiger partial charge in [-0.1, -0.05) is 0 Å². The Kier molecular flexibility index (Phi) is 4.92. The molecule has 0 fully saturated rings. The Balaban J connectivity index is 2.23. The van der Waals surface area contributed by atoms with Gasteiger partial charge >= 0.3 is 0 Å². The molecule has 0 radical (unpaired) electrons. The summed E-state index contributed by atoms with van der Waals surface area (Å²) >= 11 is 1.60. The van der Waals surface area contributed by atoms with Crippen LogP contribution in [0.1, 0.15) is 4.88 Å². The minimum Gasteiger partial charge on any atom is -0.395 e. The number of hydrogen-bond donors (Lipinski definition) is 2. The Morgan fingerprint density at radius 3 is 3.15 bits per heavy atom. The SMILES string of the molecule is COCC(CO)NCc1cncs1. The van der Waals surface area contributed by atoms with Gasteiger partial charge in [0.15, 0.2) is 0 Å². The highest BCUT2D eigenvalue weighted by molar-refractivity contribution is 7.09. The Hall–Kier alpha value is -0.490. The minimum absolute atomic E-state index is 0.00657. The van der Waals surface area contributed by atoms with Gasteiger partial charge < -0.3 is 15.2 Å². The zero-order valence-electron chi connectivity index (χ0n) is 7.56. The van der Waals surface area contributed by atoms with Crippen LogP contribution in [0.3, 0.4) is 0 Å². The van der Waals surface area contributed by atoms with Crippen molar-refractivity contribution in [3.8, 4) is 0 Å². The first-order valence-electron chi connectivity index (χ1n) is 4.07. The number of nitrogens with one attached hydrogen (secondary N) is 1. The Morgan fingerprint density at radius 2 is 2.62 bits per heavy atom. The van der Waals surface area contributed by atoms with E-state index in [-0.39, 0.29) is 12.6 Å². The first kappa shape index (κ1) is 10.6. The normalized spacial score (nSPS) is 13.1. The van der Waals surface area contributed by atoms with Crippen molar-refractivity contribution in [2.24, 2.45) is 0 Å². The number of hydrogen-bond acceptors (Lipinski definition) is 5. The second-order valence-corrected chi connectivity index (χ2v) is 3.65. The average Bonchev–Trinajstić information content (AvgIpc) is 2.64. The average molecular weight is 202 g/mol. The maximum Gasteiger partial charge on any atom is 0.0794 e. The fraction of sp³-hybridized carbons (Fsp3) is 0.625. The van der Waals surface area contributed by atoms with Crippen LogP contribution in [0.4, 0.5) is 0 Å². The summed E-state index contributed by atoms with van der Waals surface area (Å²) in [5.74, 6) is 0. The number of aliphatic hydroxyl groups is 1. The van der Waals surface area contributed by atoms with E-state index in [1.54, 1.807) is 24.0 Å². The molecule has 0 aliphatic carbocycles. The molecule has 1 heterocycles. The van der Waals surface area contributed by atoms with E-state index < -0.39 is 0 Å². The zero-order valence-corrected chi connectivity index (χ0v) is 8.38. The molecule has 0 saturated heterocycles. The molecule has 1 atom stereocenters. The third-order valence-electron chi connectivity index (χ3n) is 1.64. The van der Waals surface area contributed by atoms with Gasteiger partial charge in [0, 0.05) is 24.7 Å². The summed E-state index contributed by atoms with van der Waals surface area (Å²) in [6, 6.07) is 0.00657. The lowest BCUT2D eigenvalue weighted by atomic mass is 10.3. The van der Waals surface area contributed by atoms with Crippen LogP contribution in [0.15, 0.2) is 11.7 Å². The van der Waals surface area contributed by atoms with E-state index in [1.165, 1.54) is 0 Å². The molecule has 0 bridgehead atoms. The molecule has 1 aromatic rings. The molecule has 0 aliphatic rings. The van der Waals surface area contributed by atoms with Crippen LogP contribution < -0.4 is 5.32 Å². The van der Waals surface area contributed by atoms with E-state index >= 15 is 0 Å². The molecule has 0 amide bonds. The van der Waals surface area contributed by atoms with Gasteiger partial charge in [0.25, 0.3) is 0 Å². The van der Waals surface area contributed by atoms with Crippen LogP contribution >= 0.6 is 11.3 Å². The molecule has 5 heteroatoms. The molecule has 0 aliphatic heterocycles. The van der Waals surface area contributed by atoms with Gasteiger partial charge in [-0.15, -0.1) is 11.3 Å². The fourth-order valence-corrected chi connectivity index (χ4v) is 1.50. The maximum absolute atomic E-state index is 8.93. The molecule has 4 nitrogen and oxygen atoms in total. The first-order valence-corrected chi connectivity index (χ1v) is 4.95. The van der Waals surface area contributed by atoms with E-state index in [2.05, 4.69) is 10.3 Å². The van der Waals surface area contributed by atoms with Crippen molar-refractivity contribution in [3.63, 3.8) is 0 Å². The third-order valence-corrected chi connectivity index (χ3v) is 2.42. The van der Waals surface area contributed by atoms with E-state index in [4.69, 9.17) is 9.84 Å². The largest absolute Gasteiger partial charge is 0.395 e. The lowest BCUT2D eigenvalue weighted by Gasteiger charge is -2.13. The number of nitrogens with zero attached hydrogens (tertiary/aromatic N) is 1. The van der Waals surface area contributed by atoms with Crippen LogP contribution in [-0.4, -0.2) is 36.5 Å². The number of aliphatic hydroxyl groups excluding tert-OH is 1. The number of aromatic nitrogens is 1. The van der Waals surface area contributed by atoms with Crippen molar-refractivity contribution in [1.82, 2.24) is 10.3 Å². The van der Waals surface area contributed by atoms with Gasteiger partial charge in [0.2, 0.25) is 0 Å². The summed E-state index contributed by atoms with van der Waals surface area (Å²) in [6.07, 6.45) is 1.82. The maximum atomic E-state index is 8.93. The standard InChI is InChI=1S/C8H14N2O2S/c1-12-5-7(4-11)10-3-8-2-9-6-13-8/h2,6-7,10-11H,3-5H2,1H3. The molecular weight excluding hydrogens is 188 g/mol. The van der Waals surface area contributed by atoms with Gasteiger partial charge in [0.1, 0.15) is 0 Å². The van der Waals surface area contributed by atoms with Gasteiger partial charge in [-0.25, -0.2) is 0 Å². The Bertz CT molecular complexity index is 216. The molecule has 0 aromatic carbocycles. The van der Waals surface area contributed by atoms with Crippen LogP contribution in [0.25, 0.3) is 0 Å². The lowest BCUT2D eigenvalue weighted by Crippen LogP contribution is -2.35. The van der Waals surface area contributed by atoms with Gasteiger partial charge in [-0.05, 0) is 0 Å². The highest BCUT2D eigenvalue weighted by Gasteiger charge is 2.05. The predicted octanol–water partition coefficient (Wildman–Crippen LogP) is 0.240. The molecule has 74 valence electrons. The fourth-order valence-electron chi connectivity index (χ4n) is 0.952. The molecule has 1 aromatic heterocycles. The Labute approximate surface area is 81.6 Å². The summed E-state index contributed by atoms with van der Waals surface area (Å²) in [7, 11) is 1.62. The van der Waals surface area contributed by atoms with E-state index in [0.717, 1.165) is 11.4 Å². The molecular formula is C8H14N2O2S. The molecule has 13 heavy (non-hydrogen) atoms. The molecule has 0 spiro atoms. The predicted molar refractivity (Wildman–Crippen MR) is 51.7 cm³/mol. The highest BCUT2D eigenvalue weighted by atomic mass is 32.1. The molecule has 1 unspecified atom stereocenters. The van der Waals surface area contributed by atoms with E-state index in [0.29, 0.717) is 6.61 Å². The van der Waals surface area contributed by atoms with Crippen molar-refractivity contribution in [3.05, 3.63) is 16.6 Å². The summed E-state index contributed by atoms with van der Waals surface area (Å²) in [6.45, 7) is 1.35. The quantitative estimate of drug-likeness (QED) is 0.694.